The van der Waals surface area contributed by atoms with Crippen molar-refractivity contribution < 1.29 is 26.7 Å². The SMILES string of the molecule is CCCCCC1CCC(CCC2CCC(CCc3cc(F)c(OC(F)(F)F)c(F)c3)CC2)CC1. The van der Waals surface area contributed by atoms with E-state index in [4.69, 9.17) is 0 Å². The van der Waals surface area contributed by atoms with Gasteiger partial charge < -0.3 is 4.74 Å². The number of unbranched alkanes of at least 4 members (excludes halogenated alkanes) is 2. The van der Waals surface area contributed by atoms with Gasteiger partial charge in [-0.1, -0.05) is 96.8 Å². The number of halogens is 5. The summed E-state index contributed by atoms with van der Waals surface area (Å²) in [6, 6.07) is 1.93. The first kappa shape index (κ1) is 27.3. The highest BCUT2D eigenvalue weighted by Gasteiger charge is 2.34. The zero-order valence-corrected chi connectivity index (χ0v) is 20.6. The van der Waals surface area contributed by atoms with Crippen LogP contribution in [0.25, 0.3) is 0 Å². The summed E-state index contributed by atoms with van der Waals surface area (Å²) >= 11 is 0. The fraction of sp³-hybridized carbons (Fsp3) is 0.786. The number of hydrogen-bond acceptors (Lipinski definition) is 1. The van der Waals surface area contributed by atoms with E-state index in [2.05, 4.69) is 11.7 Å². The number of rotatable bonds is 11. The monoisotopic (exact) mass is 488 g/mol. The van der Waals surface area contributed by atoms with E-state index in [1.807, 2.05) is 0 Å². The fourth-order valence-electron chi connectivity index (χ4n) is 6.11. The van der Waals surface area contributed by atoms with Crippen LogP contribution in [0.3, 0.4) is 0 Å². The summed E-state index contributed by atoms with van der Waals surface area (Å²) in [5.41, 5.74) is 0.386. The Morgan fingerprint density at radius 2 is 1.15 bits per heavy atom. The standard InChI is InChI=1S/C28H41F5O/c1-2-3-4-5-20-6-8-21(9-7-20)10-11-22-12-14-23(15-13-22)16-17-24-18-25(29)27(26(30)19-24)34-28(31,32)33/h18-23H,2-17H2,1H3. The summed E-state index contributed by atoms with van der Waals surface area (Å²) in [7, 11) is 0. The molecule has 3 rings (SSSR count). The summed E-state index contributed by atoms with van der Waals surface area (Å²) in [6.45, 7) is 2.27. The van der Waals surface area contributed by atoms with E-state index in [0.29, 0.717) is 17.9 Å². The van der Waals surface area contributed by atoms with Gasteiger partial charge in [-0.25, -0.2) is 8.78 Å². The van der Waals surface area contributed by atoms with Gasteiger partial charge in [0.2, 0.25) is 5.75 Å². The molecule has 0 aliphatic heterocycles. The lowest BCUT2D eigenvalue weighted by Crippen LogP contribution is -2.19. The van der Waals surface area contributed by atoms with Gasteiger partial charge in [0, 0.05) is 0 Å². The summed E-state index contributed by atoms with van der Waals surface area (Å²) in [4.78, 5) is 0. The van der Waals surface area contributed by atoms with Crippen molar-refractivity contribution in [2.45, 2.75) is 116 Å². The van der Waals surface area contributed by atoms with E-state index in [-0.39, 0.29) is 0 Å². The Kier molecular flexibility index (Phi) is 10.5. The van der Waals surface area contributed by atoms with Gasteiger partial charge >= 0.3 is 6.36 Å². The topological polar surface area (TPSA) is 9.23 Å². The average Bonchev–Trinajstić information content (AvgIpc) is 2.80. The van der Waals surface area contributed by atoms with Crippen molar-refractivity contribution in [2.75, 3.05) is 0 Å². The van der Waals surface area contributed by atoms with Crippen LogP contribution in [0.15, 0.2) is 12.1 Å². The molecule has 0 N–H and O–H groups in total. The molecule has 194 valence electrons. The second-order valence-corrected chi connectivity index (χ2v) is 10.8. The lowest BCUT2D eigenvalue weighted by atomic mass is 9.74. The van der Waals surface area contributed by atoms with Crippen LogP contribution in [-0.4, -0.2) is 6.36 Å². The molecular formula is C28H41F5O. The van der Waals surface area contributed by atoms with Crippen LogP contribution >= 0.6 is 0 Å². The zero-order valence-electron chi connectivity index (χ0n) is 20.6. The molecule has 2 aliphatic carbocycles. The van der Waals surface area contributed by atoms with Crippen LogP contribution in [0.4, 0.5) is 22.0 Å². The first-order chi connectivity index (χ1) is 16.2. The van der Waals surface area contributed by atoms with Crippen molar-refractivity contribution >= 4 is 0 Å². The largest absolute Gasteiger partial charge is 0.573 e. The lowest BCUT2D eigenvalue weighted by Gasteiger charge is -2.32. The highest BCUT2D eigenvalue weighted by atomic mass is 19.4. The van der Waals surface area contributed by atoms with Crippen LogP contribution in [0.2, 0.25) is 0 Å². The van der Waals surface area contributed by atoms with Gasteiger partial charge in [-0.15, -0.1) is 13.2 Å². The number of hydrogen-bond donors (Lipinski definition) is 0. The van der Waals surface area contributed by atoms with Crippen molar-refractivity contribution in [3.8, 4) is 5.75 Å². The summed E-state index contributed by atoms with van der Waals surface area (Å²) in [6.07, 6.45) is 14.7. The molecule has 1 aromatic rings. The van der Waals surface area contributed by atoms with Gasteiger partial charge in [-0.05, 0) is 54.2 Å². The molecule has 0 bridgehead atoms. The number of benzene rings is 1. The van der Waals surface area contributed by atoms with Crippen LogP contribution in [-0.2, 0) is 6.42 Å². The van der Waals surface area contributed by atoms with Crippen LogP contribution < -0.4 is 4.74 Å². The fourth-order valence-corrected chi connectivity index (χ4v) is 6.11. The lowest BCUT2D eigenvalue weighted by molar-refractivity contribution is -0.276. The Bertz CT molecular complexity index is 708. The maximum absolute atomic E-state index is 13.9. The Labute approximate surface area is 201 Å². The minimum atomic E-state index is -5.12. The van der Waals surface area contributed by atoms with E-state index >= 15 is 0 Å². The van der Waals surface area contributed by atoms with Crippen LogP contribution in [0.5, 0.6) is 5.75 Å². The number of aryl methyl sites for hydroxylation is 1. The maximum atomic E-state index is 13.9. The zero-order chi connectivity index (χ0) is 24.6. The molecule has 6 heteroatoms. The smallest absolute Gasteiger partial charge is 0.399 e. The molecule has 2 saturated carbocycles. The third-order valence-electron chi connectivity index (χ3n) is 8.25. The molecule has 0 spiro atoms. The first-order valence-corrected chi connectivity index (χ1v) is 13.5. The Morgan fingerprint density at radius 3 is 1.59 bits per heavy atom. The number of ether oxygens (including phenoxy) is 1. The van der Waals surface area contributed by atoms with Crippen molar-refractivity contribution in [3.05, 3.63) is 29.3 Å². The molecule has 2 fully saturated rings. The highest BCUT2D eigenvalue weighted by molar-refractivity contribution is 5.31. The third-order valence-corrected chi connectivity index (χ3v) is 8.25. The molecule has 0 radical (unpaired) electrons. The Morgan fingerprint density at radius 1 is 0.706 bits per heavy atom. The maximum Gasteiger partial charge on any atom is 0.573 e. The summed E-state index contributed by atoms with van der Waals surface area (Å²) in [5, 5.41) is 0. The molecule has 34 heavy (non-hydrogen) atoms. The molecule has 0 saturated heterocycles. The van der Waals surface area contributed by atoms with E-state index in [9.17, 15) is 22.0 Å². The van der Waals surface area contributed by atoms with Crippen molar-refractivity contribution in [2.24, 2.45) is 23.7 Å². The van der Waals surface area contributed by atoms with E-state index in [1.54, 1.807) is 0 Å². The quantitative estimate of drug-likeness (QED) is 0.222. The van der Waals surface area contributed by atoms with E-state index in [1.165, 1.54) is 77.0 Å². The molecule has 1 nitrogen and oxygen atoms in total. The van der Waals surface area contributed by atoms with Gasteiger partial charge in [0.15, 0.2) is 11.6 Å². The van der Waals surface area contributed by atoms with Crippen molar-refractivity contribution in [1.29, 1.82) is 0 Å². The molecule has 0 heterocycles. The van der Waals surface area contributed by atoms with Crippen LogP contribution in [0, 0.1) is 35.3 Å². The third kappa shape index (κ3) is 9.03. The second kappa shape index (κ2) is 13.1. The van der Waals surface area contributed by atoms with Crippen molar-refractivity contribution in [1.82, 2.24) is 0 Å². The van der Waals surface area contributed by atoms with Gasteiger partial charge in [-0.3, -0.25) is 0 Å². The number of alkyl halides is 3. The predicted molar refractivity (Wildman–Crippen MR) is 126 cm³/mol. The Hall–Kier alpha value is -1.33. The van der Waals surface area contributed by atoms with Gasteiger partial charge in [0.05, 0.1) is 0 Å². The molecular weight excluding hydrogens is 447 g/mol. The van der Waals surface area contributed by atoms with Crippen LogP contribution in [0.1, 0.15) is 109 Å². The minimum absolute atomic E-state index is 0.386. The molecule has 2 aliphatic rings. The minimum Gasteiger partial charge on any atom is -0.399 e. The van der Waals surface area contributed by atoms with Gasteiger partial charge in [0.1, 0.15) is 0 Å². The molecule has 0 aromatic heterocycles. The molecule has 0 amide bonds. The Balaban J connectivity index is 1.32. The second-order valence-electron chi connectivity index (χ2n) is 10.8. The average molecular weight is 489 g/mol. The molecule has 1 aromatic carbocycles. The van der Waals surface area contributed by atoms with Gasteiger partial charge in [-0.2, -0.15) is 0 Å². The van der Waals surface area contributed by atoms with E-state index in [0.717, 1.165) is 49.1 Å². The van der Waals surface area contributed by atoms with E-state index < -0.39 is 23.7 Å². The molecule has 0 atom stereocenters. The summed E-state index contributed by atoms with van der Waals surface area (Å²) in [5.74, 6) is -0.777. The summed E-state index contributed by atoms with van der Waals surface area (Å²) < 4.78 is 68.2. The highest BCUT2D eigenvalue weighted by Crippen LogP contribution is 2.39. The van der Waals surface area contributed by atoms with Gasteiger partial charge in [0.25, 0.3) is 0 Å². The van der Waals surface area contributed by atoms with Crippen molar-refractivity contribution in [3.63, 3.8) is 0 Å². The predicted octanol–water partition coefficient (Wildman–Crippen LogP) is 9.77. The first-order valence-electron chi connectivity index (χ1n) is 13.5. The normalized spacial score (nSPS) is 25.9. The molecule has 0 unspecified atom stereocenters.